The number of benzene rings is 2. The van der Waals surface area contributed by atoms with E-state index < -0.39 is 20.0 Å². The maximum atomic E-state index is 12.8. The van der Waals surface area contributed by atoms with E-state index in [0.717, 1.165) is 11.8 Å². The third kappa shape index (κ3) is 5.22. The number of hydrogen-bond acceptors (Lipinski definition) is 4. The van der Waals surface area contributed by atoms with Gasteiger partial charge in [0.05, 0.1) is 22.5 Å². The molecule has 6 nitrogen and oxygen atoms in total. The van der Waals surface area contributed by atoms with Gasteiger partial charge >= 0.3 is 0 Å². The number of rotatable bonds is 5. The molecule has 0 unspecified atom stereocenters. The first kappa shape index (κ1) is 20.3. The first-order valence-corrected chi connectivity index (χ1v) is 11.4. The number of hydrogen-bond donors (Lipinski definition) is 2. The van der Waals surface area contributed by atoms with Crippen molar-refractivity contribution in [1.29, 1.82) is 0 Å². The molecule has 0 amide bonds. The monoisotopic (exact) mass is 396 g/mol. The third-order valence-electron chi connectivity index (χ3n) is 3.76. The minimum atomic E-state index is -3.81. The number of anilines is 2. The van der Waals surface area contributed by atoms with Gasteiger partial charge in [0.15, 0.2) is 0 Å². The highest BCUT2D eigenvalue weighted by Gasteiger charge is 2.21. The number of nitrogens with one attached hydrogen (secondary N) is 2. The van der Waals surface area contributed by atoms with Crippen molar-refractivity contribution in [2.24, 2.45) is 0 Å². The Balaban J connectivity index is 2.40. The summed E-state index contributed by atoms with van der Waals surface area (Å²) in [7, 11) is -7.26. The maximum absolute atomic E-state index is 12.8. The Morgan fingerprint density at radius 1 is 0.846 bits per heavy atom. The molecule has 0 atom stereocenters. The normalized spacial score (nSPS) is 12.7. The van der Waals surface area contributed by atoms with Crippen LogP contribution in [0.15, 0.2) is 47.4 Å². The van der Waals surface area contributed by atoms with Crippen LogP contribution in [0.4, 0.5) is 11.4 Å². The second-order valence-corrected chi connectivity index (χ2v) is 10.7. The largest absolute Gasteiger partial charge is 0.284 e. The van der Waals surface area contributed by atoms with E-state index in [-0.39, 0.29) is 21.7 Å². The first-order chi connectivity index (χ1) is 11.8. The van der Waals surface area contributed by atoms with Crippen LogP contribution in [-0.4, -0.2) is 23.1 Å². The van der Waals surface area contributed by atoms with E-state index in [1.807, 2.05) is 26.8 Å². The molecule has 2 aromatic rings. The standard InChI is InChI=1S/C18H24N2O4S2/c1-13-9-10-14(18(2,3)4)11-17(13)26(23,24)20-16-8-6-7-15(12-16)19-25(5,21)22/h6-12,19-20H,1-5H3. The van der Waals surface area contributed by atoms with Gasteiger partial charge < -0.3 is 0 Å². The van der Waals surface area contributed by atoms with Gasteiger partial charge in [-0.2, -0.15) is 0 Å². The van der Waals surface area contributed by atoms with Crippen LogP contribution in [0.1, 0.15) is 31.9 Å². The lowest BCUT2D eigenvalue weighted by molar-refractivity contribution is 0.584. The lowest BCUT2D eigenvalue weighted by Gasteiger charge is -2.21. The predicted molar refractivity (Wildman–Crippen MR) is 106 cm³/mol. The van der Waals surface area contributed by atoms with Crippen molar-refractivity contribution in [3.8, 4) is 0 Å². The SMILES string of the molecule is Cc1ccc(C(C)(C)C)cc1S(=O)(=O)Nc1cccc(NS(C)(=O)=O)c1. The molecule has 0 fully saturated rings. The second kappa shape index (κ2) is 6.92. The van der Waals surface area contributed by atoms with Crippen LogP contribution in [0, 0.1) is 6.92 Å². The van der Waals surface area contributed by atoms with E-state index in [4.69, 9.17) is 0 Å². The first-order valence-electron chi connectivity index (χ1n) is 8.00. The van der Waals surface area contributed by atoms with Gasteiger partial charge in [0.1, 0.15) is 0 Å². The maximum Gasteiger partial charge on any atom is 0.262 e. The van der Waals surface area contributed by atoms with Crippen molar-refractivity contribution in [3.63, 3.8) is 0 Å². The molecule has 0 saturated carbocycles. The van der Waals surface area contributed by atoms with Crippen molar-refractivity contribution in [2.45, 2.75) is 38.0 Å². The van der Waals surface area contributed by atoms with Gasteiger partial charge in [0.2, 0.25) is 10.0 Å². The minimum absolute atomic E-state index is 0.183. The Labute approximate surface area is 155 Å². The molecule has 8 heteroatoms. The summed E-state index contributed by atoms with van der Waals surface area (Å²) in [5.41, 5.74) is 1.93. The summed E-state index contributed by atoms with van der Waals surface area (Å²) in [6, 6.07) is 11.5. The fraction of sp³-hybridized carbons (Fsp3) is 0.333. The molecule has 0 spiro atoms. The van der Waals surface area contributed by atoms with E-state index in [1.165, 1.54) is 6.07 Å². The molecular weight excluding hydrogens is 372 g/mol. The summed E-state index contributed by atoms with van der Waals surface area (Å²) in [6.45, 7) is 7.79. The van der Waals surface area contributed by atoms with Crippen molar-refractivity contribution in [2.75, 3.05) is 15.7 Å². The van der Waals surface area contributed by atoms with Crippen molar-refractivity contribution in [1.82, 2.24) is 0 Å². The van der Waals surface area contributed by atoms with E-state index in [9.17, 15) is 16.8 Å². The molecule has 142 valence electrons. The summed E-state index contributed by atoms with van der Waals surface area (Å²) in [5, 5.41) is 0. The average Bonchev–Trinajstić information content (AvgIpc) is 2.44. The van der Waals surface area contributed by atoms with Gasteiger partial charge in [-0.05, 0) is 47.7 Å². The fourth-order valence-electron chi connectivity index (χ4n) is 2.43. The second-order valence-electron chi connectivity index (χ2n) is 7.29. The number of aryl methyl sites for hydroxylation is 1. The number of sulfonamides is 2. The molecule has 0 saturated heterocycles. The summed E-state index contributed by atoms with van der Waals surface area (Å²) in [6.07, 6.45) is 1.03. The highest BCUT2D eigenvalue weighted by Crippen LogP contribution is 2.28. The van der Waals surface area contributed by atoms with Gasteiger partial charge in [-0.3, -0.25) is 9.44 Å². The Kier molecular flexibility index (Phi) is 5.39. The Morgan fingerprint density at radius 3 is 1.96 bits per heavy atom. The van der Waals surface area contributed by atoms with Gasteiger partial charge in [-0.1, -0.05) is 39.0 Å². The summed E-state index contributed by atoms with van der Waals surface area (Å²) in [4.78, 5) is 0.200. The zero-order valence-corrected chi connectivity index (χ0v) is 17.1. The van der Waals surface area contributed by atoms with Crippen molar-refractivity contribution < 1.29 is 16.8 Å². The van der Waals surface area contributed by atoms with E-state index in [1.54, 1.807) is 37.3 Å². The van der Waals surface area contributed by atoms with Gasteiger partial charge in [-0.15, -0.1) is 0 Å². The van der Waals surface area contributed by atoms with Crippen LogP contribution in [0.5, 0.6) is 0 Å². The summed E-state index contributed by atoms with van der Waals surface area (Å²) in [5.74, 6) is 0. The molecule has 0 aliphatic carbocycles. The van der Waals surface area contributed by atoms with Crippen LogP contribution in [0.2, 0.25) is 0 Å². The van der Waals surface area contributed by atoms with Crippen LogP contribution in [0.3, 0.4) is 0 Å². The lowest BCUT2D eigenvalue weighted by Crippen LogP contribution is -2.17. The van der Waals surface area contributed by atoms with Crippen molar-refractivity contribution in [3.05, 3.63) is 53.6 Å². The van der Waals surface area contributed by atoms with Gasteiger partial charge in [0, 0.05) is 0 Å². The average molecular weight is 397 g/mol. The molecule has 0 radical (unpaired) electrons. The quantitative estimate of drug-likeness (QED) is 0.809. The zero-order valence-electron chi connectivity index (χ0n) is 15.5. The van der Waals surface area contributed by atoms with Crippen LogP contribution < -0.4 is 9.44 Å². The highest BCUT2D eigenvalue weighted by atomic mass is 32.2. The van der Waals surface area contributed by atoms with E-state index in [0.29, 0.717) is 5.56 Å². The topological polar surface area (TPSA) is 92.3 Å². The molecule has 2 N–H and O–H groups in total. The predicted octanol–water partition coefficient (Wildman–Crippen LogP) is 3.46. The highest BCUT2D eigenvalue weighted by molar-refractivity contribution is 7.92. The molecule has 0 aliphatic rings. The molecule has 26 heavy (non-hydrogen) atoms. The Bertz CT molecular complexity index is 1020. The van der Waals surface area contributed by atoms with E-state index in [2.05, 4.69) is 9.44 Å². The van der Waals surface area contributed by atoms with Gasteiger partial charge in [0.25, 0.3) is 10.0 Å². The Morgan fingerprint density at radius 2 is 1.42 bits per heavy atom. The smallest absolute Gasteiger partial charge is 0.262 e. The molecule has 0 aliphatic heterocycles. The minimum Gasteiger partial charge on any atom is -0.284 e. The molecule has 2 rings (SSSR count). The summed E-state index contributed by atoms with van der Waals surface area (Å²) < 4.78 is 53.2. The van der Waals surface area contributed by atoms with Crippen molar-refractivity contribution >= 4 is 31.4 Å². The van der Waals surface area contributed by atoms with Crippen LogP contribution >= 0.6 is 0 Å². The lowest BCUT2D eigenvalue weighted by atomic mass is 9.87. The molecule has 0 heterocycles. The molecule has 2 aromatic carbocycles. The van der Waals surface area contributed by atoms with Gasteiger partial charge in [-0.25, -0.2) is 16.8 Å². The fourth-order valence-corrected chi connectivity index (χ4v) is 4.30. The third-order valence-corrected chi connectivity index (χ3v) is 5.89. The van der Waals surface area contributed by atoms with E-state index >= 15 is 0 Å². The zero-order chi connectivity index (χ0) is 19.8. The molecular formula is C18H24N2O4S2. The Hall–Kier alpha value is -2.06. The molecule has 0 bridgehead atoms. The van der Waals surface area contributed by atoms with Crippen LogP contribution in [-0.2, 0) is 25.5 Å². The van der Waals surface area contributed by atoms with Crippen LogP contribution in [0.25, 0.3) is 0 Å². The molecule has 0 aromatic heterocycles. The summed E-state index contributed by atoms with van der Waals surface area (Å²) >= 11 is 0.